The van der Waals surface area contributed by atoms with Crippen LogP contribution in [0.25, 0.3) is 0 Å². The minimum absolute atomic E-state index is 0.792. The molecule has 0 aliphatic heterocycles. The Labute approximate surface area is 80.1 Å². The Bertz CT molecular complexity index is 290. The second kappa shape index (κ2) is 6.12. The summed E-state index contributed by atoms with van der Waals surface area (Å²) < 4.78 is 0. The molecule has 2 heteroatoms. The molecule has 0 aromatic heterocycles. The third-order valence-corrected chi connectivity index (χ3v) is 1.54. The quantitative estimate of drug-likeness (QED) is 0.614. The molecule has 1 rings (SSSR count). The molecule has 0 radical (unpaired) electrons. The summed E-state index contributed by atoms with van der Waals surface area (Å²) in [7, 11) is 0. The standard InChI is InChI=1S/C9H10N2.C2H6/c1-7-5-4-6-8(10-2)9(7)11-3;1-2/h4-6H,2-3H2,1H3;1-2H3. The van der Waals surface area contributed by atoms with Gasteiger partial charge in [-0.05, 0) is 32.0 Å². The van der Waals surface area contributed by atoms with E-state index in [2.05, 4.69) is 23.4 Å². The first-order chi connectivity index (χ1) is 6.29. The molecular formula is C11H16N2. The number of nitrogens with zero attached hydrogens (tertiary/aromatic N) is 2. The van der Waals surface area contributed by atoms with Crippen molar-refractivity contribution < 1.29 is 0 Å². The Morgan fingerprint density at radius 1 is 1.08 bits per heavy atom. The van der Waals surface area contributed by atoms with Gasteiger partial charge >= 0.3 is 0 Å². The van der Waals surface area contributed by atoms with Crippen molar-refractivity contribution in [1.29, 1.82) is 0 Å². The van der Waals surface area contributed by atoms with Gasteiger partial charge in [-0.25, -0.2) is 0 Å². The van der Waals surface area contributed by atoms with Crippen LogP contribution in [0.2, 0.25) is 0 Å². The highest BCUT2D eigenvalue weighted by Gasteiger charge is 1.99. The molecular weight excluding hydrogens is 160 g/mol. The van der Waals surface area contributed by atoms with Gasteiger partial charge in [0.05, 0.1) is 11.4 Å². The van der Waals surface area contributed by atoms with E-state index < -0.39 is 0 Å². The lowest BCUT2D eigenvalue weighted by Crippen LogP contribution is -1.73. The summed E-state index contributed by atoms with van der Waals surface area (Å²) in [5.74, 6) is 0. The van der Waals surface area contributed by atoms with E-state index in [1.165, 1.54) is 0 Å². The first-order valence-electron chi connectivity index (χ1n) is 4.32. The number of aliphatic imine (C=N–C) groups is 2. The highest BCUT2D eigenvalue weighted by Crippen LogP contribution is 2.29. The third kappa shape index (κ3) is 2.82. The van der Waals surface area contributed by atoms with Gasteiger partial charge in [0.2, 0.25) is 0 Å². The molecule has 0 saturated heterocycles. The van der Waals surface area contributed by atoms with Crippen molar-refractivity contribution in [2.24, 2.45) is 9.98 Å². The van der Waals surface area contributed by atoms with Gasteiger partial charge in [-0.3, -0.25) is 9.98 Å². The Hall–Kier alpha value is -1.44. The number of para-hydroxylation sites is 1. The Kier molecular flexibility index (Phi) is 5.44. The highest BCUT2D eigenvalue weighted by atomic mass is 14.8. The number of hydrogen-bond acceptors (Lipinski definition) is 2. The molecule has 0 aliphatic carbocycles. The van der Waals surface area contributed by atoms with Crippen LogP contribution in [0.3, 0.4) is 0 Å². The van der Waals surface area contributed by atoms with Gasteiger partial charge < -0.3 is 0 Å². The average Bonchev–Trinajstić information content (AvgIpc) is 2.20. The largest absolute Gasteiger partial charge is 0.262 e. The van der Waals surface area contributed by atoms with Gasteiger partial charge in [-0.15, -0.1) is 0 Å². The lowest BCUT2D eigenvalue weighted by molar-refractivity contribution is 1.38. The summed E-state index contributed by atoms with van der Waals surface area (Å²) in [5, 5.41) is 0. The molecule has 0 bridgehead atoms. The topological polar surface area (TPSA) is 24.7 Å². The van der Waals surface area contributed by atoms with Crippen molar-refractivity contribution in [3.63, 3.8) is 0 Å². The fourth-order valence-electron chi connectivity index (χ4n) is 0.977. The maximum absolute atomic E-state index is 3.86. The zero-order chi connectivity index (χ0) is 10.3. The molecule has 1 aromatic rings. The van der Waals surface area contributed by atoms with Crippen molar-refractivity contribution in [3.05, 3.63) is 23.8 Å². The van der Waals surface area contributed by atoms with Crippen LogP contribution in [-0.4, -0.2) is 13.4 Å². The minimum Gasteiger partial charge on any atom is -0.262 e. The number of benzene rings is 1. The SMILES string of the molecule is C=Nc1cccc(C)c1N=C.CC. The summed E-state index contributed by atoms with van der Waals surface area (Å²) in [6, 6.07) is 5.76. The summed E-state index contributed by atoms with van der Waals surface area (Å²) in [6.07, 6.45) is 0. The Balaban J connectivity index is 0.000000671. The molecule has 0 spiro atoms. The maximum Gasteiger partial charge on any atom is 0.0907 e. The van der Waals surface area contributed by atoms with Gasteiger partial charge in [0.25, 0.3) is 0 Å². The molecule has 0 unspecified atom stereocenters. The molecule has 0 heterocycles. The van der Waals surface area contributed by atoms with E-state index in [1.54, 1.807) is 0 Å². The van der Waals surface area contributed by atoms with Crippen molar-refractivity contribution >= 4 is 24.8 Å². The number of rotatable bonds is 2. The van der Waals surface area contributed by atoms with E-state index in [0.29, 0.717) is 0 Å². The van der Waals surface area contributed by atoms with Crippen molar-refractivity contribution in [2.45, 2.75) is 20.8 Å². The zero-order valence-electron chi connectivity index (χ0n) is 8.54. The first-order valence-corrected chi connectivity index (χ1v) is 4.32. The number of aryl methyl sites for hydroxylation is 1. The lowest BCUT2D eigenvalue weighted by Gasteiger charge is -2.01. The Morgan fingerprint density at radius 2 is 1.69 bits per heavy atom. The van der Waals surface area contributed by atoms with Crippen LogP contribution in [0, 0.1) is 6.92 Å². The molecule has 0 atom stereocenters. The van der Waals surface area contributed by atoms with Crippen molar-refractivity contribution in [1.82, 2.24) is 0 Å². The highest BCUT2D eigenvalue weighted by molar-refractivity contribution is 5.69. The monoisotopic (exact) mass is 176 g/mol. The fraction of sp³-hybridized carbons (Fsp3) is 0.273. The Morgan fingerprint density at radius 3 is 2.08 bits per heavy atom. The summed E-state index contributed by atoms with van der Waals surface area (Å²) in [6.45, 7) is 12.9. The predicted molar refractivity (Wildman–Crippen MR) is 60.9 cm³/mol. The molecule has 13 heavy (non-hydrogen) atoms. The van der Waals surface area contributed by atoms with Crippen LogP contribution in [0.15, 0.2) is 28.2 Å². The fourth-order valence-corrected chi connectivity index (χ4v) is 0.977. The van der Waals surface area contributed by atoms with E-state index in [1.807, 2.05) is 39.0 Å². The van der Waals surface area contributed by atoms with E-state index in [9.17, 15) is 0 Å². The van der Waals surface area contributed by atoms with E-state index in [-0.39, 0.29) is 0 Å². The summed E-state index contributed by atoms with van der Waals surface area (Å²) >= 11 is 0. The molecule has 1 aromatic carbocycles. The van der Waals surface area contributed by atoms with Gasteiger partial charge in [0.1, 0.15) is 0 Å². The molecule has 0 amide bonds. The van der Waals surface area contributed by atoms with Crippen LogP contribution in [0.5, 0.6) is 0 Å². The molecule has 0 fully saturated rings. The van der Waals surface area contributed by atoms with Crippen LogP contribution in [0.4, 0.5) is 11.4 Å². The zero-order valence-corrected chi connectivity index (χ0v) is 8.54. The van der Waals surface area contributed by atoms with Crippen LogP contribution in [0.1, 0.15) is 19.4 Å². The maximum atomic E-state index is 3.86. The lowest BCUT2D eigenvalue weighted by atomic mass is 10.2. The first kappa shape index (κ1) is 11.6. The van der Waals surface area contributed by atoms with Crippen LogP contribution >= 0.6 is 0 Å². The van der Waals surface area contributed by atoms with Crippen molar-refractivity contribution in [2.75, 3.05) is 0 Å². The molecule has 0 N–H and O–H groups in total. The van der Waals surface area contributed by atoms with Crippen LogP contribution < -0.4 is 0 Å². The van der Waals surface area contributed by atoms with Gasteiger partial charge in [-0.1, -0.05) is 26.0 Å². The summed E-state index contributed by atoms with van der Waals surface area (Å²) in [4.78, 5) is 7.68. The summed E-state index contributed by atoms with van der Waals surface area (Å²) in [5.41, 5.74) is 2.69. The van der Waals surface area contributed by atoms with Crippen LogP contribution in [-0.2, 0) is 0 Å². The molecule has 70 valence electrons. The average molecular weight is 176 g/mol. The molecule has 0 aliphatic rings. The second-order valence-electron chi connectivity index (χ2n) is 2.26. The smallest absolute Gasteiger partial charge is 0.0907 e. The van der Waals surface area contributed by atoms with Crippen molar-refractivity contribution in [3.8, 4) is 0 Å². The molecule has 0 saturated carbocycles. The van der Waals surface area contributed by atoms with E-state index >= 15 is 0 Å². The van der Waals surface area contributed by atoms with Gasteiger partial charge in [0.15, 0.2) is 0 Å². The second-order valence-corrected chi connectivity index (χ2v) is 2.26. The normalized spacial score (nSPS) is 8.23. The number of hydrogen-bond donors (Lipinski definition) is 0. The minimum atomic E-state index is 0.792. The van der Waals surface area contributed by atoms with E-state index in [0.717, 1.165) is 16.9 Å². The molecule has 2 nitrogen and oxygen atoms in total. The predicted octanol–water partition coefficient (Wildman–Crippen LogP) is 3.69. The third-order valence-electron chi connectivity index (χ3n) is 1.54. The van der Waals surface area contributed by atoms with Gasteiger partial charge in [-0.2, -0.15) is 0 Å². The van der Waals surface area contributed by atoms with E-state index in [4.69, 9.17) is 0 Å². The van der Waals surface area contributed by atoms with Gasteiger partial charge in [0, 0.05) is 0 Å².